The number of fused-ring (bicyclic) bond motifs is 1. The predicted octanol–water partition coefficient (Wildman–Crippen LogP) is 3.21. The van der Waals surface area contributed by atoms with Crippen LogP contribution in [0.1, 0.15) is 35.1 Å². The molecule has 6 nitrogen and oxygen atoms in total. The average Bonchev–Trinajstić information content (AvgIpc) is 3.00. The number of rotatable bonds is 3. The molecule has 7 heteroatoms. The highest BCUT2D eigenvalue weighted by atomic mass is 32.2. The van der Waals surface area contributed by atoms with Gasteiger partial charge in [0.25, 0.3) is 10.0 Å². The highest BCUT2D eigenvalue weighted by Gasteiger charge is 2.35. The summed E-state index contributed by atoms with van der Waals surface area (Å²) in [4.78, 5) is 14.8. The van der Waals surface area contributed by atoms with Crippen LogP contribution in [-0.2, 0) is 26.2 Å². The predicted molar refractivity (Wildman–Crippen MR) is 110 cm³/mol. The second-order valence-electron chi connectivity index (χ2n) is 7.71. The van der Waals surface area contributed by atoms with Gasteiger partial charge < -0.3 is 9.64 Å². The van der Waals surface area contributed by atoms with Gasteiger partial charge in [0.2, 0.25) is 0 Å². The fraction of sp³-hybridized carbons (Fsp3) is 0.364. The molecule has 0 bridgehead atoms. The van der Waals surface area contributed by atoms with Crippen LogP contribution < -0.4 is 0 Å². The van der Waals surface area contributed by atoms with Crippen molar-refractivity contribution in [3.8, 4) is 0 Å². The Balaban J connectivity index is 1.46. The molecule has 1 atom stereocenters. The Morgan fingerprint density at radius 2 is 2.00 bits per heavy atom. The number of ether oxygens (including phenoxy) is 1. The average molecular weight is 413 g/mol. The maximum absolute atomic E-state index is 12.7. The first kappa shape index (κ1) is 19.6. The lowest BCUT2D eigenvalue weighted by Crippen LogP contribution is -2.42. The van der Waals surface area contributed by atoms with Crippen molar-refractivity contribution < 1.29 is 17.9 Å². The molecule has 2 aliphatic rings. The number of carbonyl (C=O) groups excluding carboxylic acids is 1. The van der Waals surface area contributed by atoms with E-state index in [4.69, 9.17) is 4.74 Å². The summed E-state index contributed by atoms with van der Waals surface area (Å²) in [6, 6.07) is 12.9. The maximum Gasteiger partial charge on any atom is 0.311 e. The number of piperidine rings is 1. The number of esters is 1. The Hall–Kier alpha value is -2.67. The summed E-state index contributed by atoms with van der Waals surface area (Å²) in [7, 11) is -3.67. The quantitative estimate of drug-likeness (QED) is 0.724. The molecule has 0 radical (unpaired) electrons. The maximum atomic E-state index is 12.7. The third-order valence-electron chi connectivity index (χ3n) is 5.54. The van der Waals surface area contributed by atoms with Crippen molar-refractivity contribution in [2.75, 3.05) is 13.1 Å². The van der Waals surface area contributed by atoms with Gasteiger partial charge in [-0.25, -0.2) is 0 Å². The molecule has 29 heavy (non-hydrogen) atoms. The van der Waals surface area contributed by atoms with Crippen LogP contribution in [0.5, 0.6) is 0 Å². The highest BCUT2D eigenvalue weighted by Crippen LogP contribution is 2.30. The standard InChI is InChI=1S/C22H24N2O4S/c1-15-9-10-16(2)18(12-15)14-28-22(25)17-6-5-11-24(13-17)21-19-7-3-4-8-20(19)29(26,27)23-21/h3-4,7-10,12,17H,5-6,11,13-14H2,1-2H3/t17-/m1/s1. The van der Waals surface area contributed by atoms with Crippen molar-refractivity contribution in [2.24, 2.45) is 10.3 Å². The van der Waals surface area contributed by atoms with Crippen LogP contribution in [0.4, 0.5) is 0 Å². The smallest absolute Gasteiger partial charge is 0.311 e. The van der Waals surface area contributed by atoms with Gasteiger partial charge in [-0.15, -0.1) is 4.40 Å². The molecule has 0 N–H and O–H groups in total. The molecule has 0 unspecified atom stereocenters. The lowest BCUT2D eigenvalue weighted by atomic mass is 9.97. The highest BCUT2D eigenvalue weighted by molar-refractivity contribution is 7.90. The Kier molecular flexibility index (Phi) is 5.17. The molecule has 1 saturated heterocycles. The fourth-order valence-electron chi connectivity index (χ4n) is 3.90. The van der Waals surface area contributed by atoms with Gasteiger partial charge in [-0.2, -0.15) is 8.42 Å². The minimum absolute atomic E-state index is 0.231. The molecule has 0 amide bonds. The molecule has 2 aromatic carbocycles. The lowest BCUT2D eigenvalue weighted by molar-refractivity contribution is -0.151. The summed E-state index contributed by atoms with van der Waals surface area (Å²) in [5.41, 5.74) is 3.84. The van der Waals surface area contributed by atoms with Gasteiger partial charge in [0.05, 0.1) is 5.92 Å². The number of hydrogen-bond acceptors (Lipinski definition) is 5. The Bertz CT molecular complexity index is 1090. The zero-order valence-electron chi connectivity index (χ0n) is 16.6. The van der Waals surface area contributed by atoms with E-state index in [0.29, 0.717) is 24.5 Å². The number of benzene rings is 2. The molecule has 2 aliphatic heterocycles. The van der Waals surface area contributed by atoms with Crippen LogP contribution in [0.3, 0.4) is 0 Å². The van der Waals surface area contributed by atoms with E-state index in [-0.39, 0.29) is 23.4 Å². The number of aryl methyl sites for hydroxylation is 2. The summed E-state index contributed by atoms with van der Waals surface area (Å²) in [6.45, 7) is 5.35. The van der Waals surface area contributed by atoms with Gasteiger partial charge in [0.1, 0.15) is 11.5 Å². The Morgan fingerprint density at radius 3 is 2.83 bits per heavy atom. The van der Waals surface area contributed by atoms with E-state index in [9.17, 15) is 13.2 Å². The van der Waals surface area contributed by atoms with Crippen LogP contribution in [0.25, 0.3) is 0 Å². The van der Waals surface area contributed by atoms with Crippen LogP contribution in [-0.4, -0.2) is 38.2 Å². The normalized spacial score (nSPS) is 20.1. The molecular formula is C22H24N2O4S. The number of carbonyl (C=O) groups is 1. The molecule has 4 rings (SSSR count). The van der Waals surface area contributed by atoms with Gasteiger partial charge in [0, 0.05) is 18.7 Å². The third-order valence-corrected chi connectivity index (χ3v) is 6.87. The fourth-order valence-corrected chi connectivity index (χ4v) is 5.13. The van der Waals surface area contributed by atoms with Gasteiger partial charge in [-0.05, 0) is 49.9 Å². The van der Waals surface area contributed by atoms with Crippen molar-refractivity contribution in [2.45, 2.75) is 38.2 Å². The third kappa shape index (κ3) is 3.92. The Morgan fingerprint density at radius 1 is 1.21 bits per heavy atom. The summed E-state index contributed by atoms with van der Waals surface area (Å²) in [6.07, 6.45) is 1.51. The summed E-state index contributed by atoms with van der Waals surface area (Å²) in [5, 5.41) is 0. The molecule has 0 aromatic heterocycles. The first-order valence-corrected chi connectivity index (χ1v) is 11.2. The van der Waals surface area contributed by atoms with E-state index in [1.807, 2.05) is 36.9 Å². The van der Waals surface area contributed by atoms with Crippen LogP contribution >= 0.6 is 0 Å². The van der Waals surface area contributed by atoms with Crippen molar-refractivity contribution in [3.05, 3.63) is 64.7 Å². The summed E-state index contributed by atoms with van der Waals surface area (Å²) < 4.78 is 34.3. The number of nitrogens with zero attached hydrogens (tertiary/aromatic N) is 2. The minimum atomic E-state index is -3.67. The van der Waals surface area contributed by atoms with Crippen molar-refractivity contribution >= 4 is 21.8 Å². The van der Waals surface area contributed by atoms with Gasteiger partial charge >= 0.3 is 5.97 Å². The molecule has 2 aromatic rings. The molecule has 152 valence electrons. The second kappa shape index (κ2) is 7.63. The van der Waals surface area contributed by atoms with Crippen molar-refractivity contribution in [1.29, 1.82) is 0 Å². The second-order valence-corrected chi connectivity index (χ2v) is 9.28. The number of sulfonamides is 1. The molecule has 0 aliphatic carbocycles. The summed E-state index contributed by atoms with van der Waals surface area (Å²) >= 11 is 0. The van der Waals surface area contributed by atoms with E-state index in [1.165, 1.54) is 0 Å². The summed E-state index contributed by atoms with van der Waals surface area (Å²) in [5.74, 6) is -0.106. The topological polar surface area (TPSA) is 76.0 Å². The zero-order valence-corrected chi connectivity index (χ0v) is 17.4. The van der Waals surface area contributed by atoms with Crippen LogP contribution in [0.15, 0.2) is 51.8 Å². The first-order valence-electron chi connectivity index (χ1n) is 9.77. The van der Waals surface area contributed by atoms with Gasteiger partial charge in [-0.3, -0.25) is 4.79 Å². The molecule has 0 saturated carbocycles. The number of amidine groups is 1. The van der Waals surface area contributed by atoms with Crippen LogP contribution in [0, 0.1) is 19.8 Å². The molecule has 0 spiro atoms. The van der Waals surface area contributed by atoms with E-state index in [2.05, 4.69) is 4.40 Å². The van der Waals surface area contributed by atoms with Gasteiger partial charge in [-0.1, -0.05) is 35.9 Å². The number of likely N-dealkylation sites (tertiary alicyclic amines) is 1. The van der Waals surface area contributed by atoms with Gasteiger partial charge in [0.15, 0.2) is 5.84 Å². The Labute approximate surface area is 171 Å². The molecule has 1 fully saturated rings. The van der Waals surface area contributed by atoms with Crippen LogP contribution in [0.2, 0.25) is 0 Å². The van der Waals surface area contributed by atoms with E-state index in [1.54, 1.807) is 24.3 Å². The van der Waals surface area contributed by atoms with E-state index in [0.717, 1.165) is 29.5 Å². The molecular weight excluding hydrogens is 388 g/mol. The zero-order chi connectivity index (χ0) is 20.6. The monoisotopic (exact) mass is 412 g/mol. The van der Waals surface area contributed by atoms with E-state index >= 15 is 0 Å². The largest absolute Gasteiger partial charge is 0.461 e. The SMILES string of the molecule is Cc1ccc(C)c(COC(=O)[C@@H]2CCCN(C3=NS(=O)(=O)c4ccccc43)C2)c1. The van der Waals surface area contributed by atoms with E-state index < -0.39 is 10.0 Å². The minimum Gasteiger partial charge on any atom is -0.461 e. The number of hydrogen-bond donors (Lipinski definition) is 0. The van der Waals surface area contributed by atoms with Crippen molar-refractivity contribution in [3.63, 3.8) is 0 Å². The molecule has 2 heterocycles. The lowest BCUT2D eigenvalue weighted by Gasteiger charge is -2.33. The van der Waals surface area contributed by atoms with Crippen molar-refractivity contribution in [1.82, 2.24) is 4.90 Å². The first-order chi connectivity index (χ1) is 13.8.